The zero-order valence-corrected chi connectivity index (χ0v) is 15.5. The molecule has 2 amide bonds. The Labute approximate surface area is 163 Å². The first-order valence-electron chi connectivity index (χ1n) is 9.52. The first-order valence-corrected chi connectivity index (χ1v) is 9.52. The second kappa shape index (κ2) is 7.46. The van der Waals surface area contributed by atoms with E-state index < -0.39 is 11.9 Å². The Kier molecular flexibility index (Phi) is 4.86. The molecular formula is C22H22N2O4. The summed E-state index contributed by atoms with van der Waals surface area (Å²) in [5.74, 6) is -1.87. The first kappa shape index (κ1) is 18.2. The second-order valence-corrected chi connectivity index (χ2v) is 7.37. The Balaban J connectivity index is 1.57. The van der Waals surface area contributed by atoms with Crippen molar-refractivity contribution >= 4 is 23.5 Å². The van der Waals surface area contributed by atoms with Crippen LogP contribution in [-0.2, 0) is 9.59 Å². The van der Waals surface area contributed by atoms with Gasteiger partial charge in [-0.1, -0.05) is 36.4 Å². The molecule has 6 heteroatoms. The number of carbonyl (C=O) groups excluding carboxylic acids is 2. The summed E-state index contributed by atoms with van der Waals surface area (Å²) in [6.07, 6.45) is 1.35. The molecule has 2 atom stereocenters. The minimum Gasteiger partial charge on any atom is -0.481 e. The van der Waals surface area contributed by atoms with E-state index in [0.717, 1.165) is 17.7 Å². The van der Waals surface area contributed by atoms with Gasteiger partial charge in [0.25, 0.3) is 5.91 Å². The molecule has 4 rings (SSSR count). The first-order chi connectivity index (χ1) is 13.5. The summed E-state index contributed by atoms with van der Waals surface area (Å²) in [5.41, 5.74) is 2.14. The number of amides is 2. The van der Waals surface area contributed by atoms with Crippen molar-refractivity contribution in [1.82, 2.24) is 4.90 Å². The molecule has 2 fully saturated rings. The van der Waals surface area contributed by atoms with Crippen LogP contribution in [0.1, 0.15) is 34.7 Å². The molecule has 2 unspecified atom stereocenters. The maximum Gasteiger partial charge on any atom is 0.308 e. The summed E-state index contributed by atoms with van der Waals surface area (Å²) >= 11 is 0. The lowest BCUT2D eigenvalue weighted by Gasteiger charge is -2.19. The fraction of sp³-hybridized carbons (Fsp3) is 0.318. The molecule has 0 aromatic heterocycles. The molecule has 0 saturated carbocycles. The number of rotatable bonds is 4. The smallest absolute Gasteiger partial charge is 0.308 e. The lowest BCUT2D eigenvalue weighted by molar-refractivity contribution is -0.141. The standard InChI is InChI=1S/C22H22N2O4/c25-20-10-5-11-24(20)17-9-4-8-16(12-17)21(26)23-13-18(19(14-23)22(27)28)15-6-2-1-3-7-15/h1-4,6-9,12,18-19H,5,10-11,13-14H2,(H,27,28). The highest BCUT2D eigenvalue weighted by atomic mass is 16.4. The molecule has 0 spiro atoms. The predicted octanol–water partition coefficient (Wildman–Crippen LogP) is 2.75. The molecule has 2 aliphatic heterocycles. The van der Waals surface area contributed by atoms with Crippen molar-refractivity contribution in [3.05, 3.63) is 65.7 Å². The van der Waals surface area contributed by atoms with E-state index >= 15 is 0 Å². The van der Waals surface area contributed by atoms with Crippen LogP contribution in [0.15, 0.2) is 54.6 Å². The summed E-state index contributed by atoms with van der Waals surface area (Å²) in [7, 11) is 0. The van der Waals surface area contributed by atoms with Gasteiger partial charge in [0.1, 0.15) is 0 Å². The fourth-order valence-corrected chi connectivity index (χ4v) is 4.17. The van der Waals surface area contributed by atoms with Gasteiger partial charge in [0, 0.05) is 43.2 Å². The van der Waals surface area contributed by atoms with Gasteiger partial charge in [0.05, 0.1) is 5.92 Å². The molecule has 0 bridgehead atoms. The fourth-order valence-electron chi connectivity index (χ4n) is 4.17. The van der Waals surface area contributed by atoms with E-state index in [2.05, 4.69) is 0 Å². The molecule has 144 valence electrons. The van der Waals surface area contributed by atoms with Crippen molar-refractivity contribution in [2.75, 3.05) is 24.5 Å². The van der Waals surface area contributed by atoms with Gasteiger partial charge < -0.3 is 14.9 Å². The Morgan fingerprint density at radius 2 is 1.79 bits per heavy atom. The number of carbonyl (C=O) groups is 3. The maximum atomic E-state index is 13.1. The molecular weight excluding hydrogens is 356 g/mol. The number of hydrogen-bond donors (Lipinski definition) is 1. The van der Waals surface area contributed by atoms with Crippen LogP contribution in [0.2, 0.25) is 0 Å². The summed E-state index contributed by atoms with van der Waals surface area (Å²) in [6.45, 7) is 1.21. The molecule has 2 aromatic carbocycles. The summed E-state index contributed by atoms with van der Waals surface area (Å²) in [5, 5.41) is 9.65. The van der Waals surface area contributed by atoms with Gasteiger partial charge in [-0.15, -0.1) is 0 Å². The molecule has 28 heavy (non-hydrogen) atoms. The highest BCUT2D eigenvalue weighted by Gasteiger charge is 2.40. The number of aliphatic carboxylic acids is 1. The molecule has 2 aliphatic rings. The van der Waals surface area contributed by atoms with Crippen molar-refractivity contribution in [2.24, 2.45) is 5.92 Å². The Morgan fingerprint density at radius 1 is 1.00 bits per heavy atom. The maximum absolute atomic E-state index is 13.1. The third kappa shape index (κ3) is 3.38. The number of hydrogen-bond acceptors (Lipinski definition) is 3. The van der Waals surface area contributed by atoms with E-state index in [1.54, 1.807) is 28.0 Å². The van der Waals surface area contributed by atoms with Crippen LogP contribution in [0.4, 0.5) is 5.69 Å². The number of carboxylic acid groups (broad SMARTS) is 1. The largest absolute Gasteiger partial charge is 0.481 e. The molecule has 2 saturated heterocycles. The number of nitrogens with zero attached hydrogens (tertiary/aromatic N) is 2. The Hall–Kier alpha value is -3.15. The zero-order valence-electron chi connectivity index (χ0n) is 15.5. The normalized spacial score (nSPS) is 21.9. The quantitative estimate of drug-likeness (QED) is 0.887. The van der Waals surface area contributed by atoms with Crippen LogP contribution in [0.5, 0.6) is 0 Å². The second-order valence-electron chi connectivity index (χ2n) is 7.37. The van der Waals surface area contributed by atoms with Crippen LogP contribution in [0, 0.1) is 5.92 Å². The van der Waals surface area contributed by atoms with Crippen molar-refractivity contribution in [3.8, 4) is 0 Å². The van der Waals surface area contributed by atoms with Gasteiger partial charge in [0.15, 0.2) is 0 Å². The molecule has 2 heterocycles. The predicted molar refractivity (Wildman–Crippen MR) is 104 cm³/mol. The van der Waals surface area contributed by atoms with Gasteiger partial charge in [-0.3, -0.25) is 14.4 Å². The van der Waals surface area contributed by atoms with Crippen molar-refractivity contribution in [1.29, 1.82) is 0 Å². The van der Waals surface area contributed by atoms with Crippen LogP contribution in [-0.4, -0.2) is 47.4 Å². The lowest BCUT2D eigenvalue weighted by Crippen LogP contribution is -2.30. The third-order valence-electron chi connectivity index (χ3n) is 5.63. The minimum absolute atomic E-state index is 0.0702. The van der Waals surface area contributed by atoms with Crippen molar-refractivity contribution in [2.45, 2.75) is 18.8 Å². The van der Waals surface area contributed by atoms with E-state index in [9.17, 15) is 19.5 Å². The molecule has 2 aromatic rings. The third-order valence-corrected chi connectivity index (χ3v) is 5.63. The van der Waals surface area contributed by atoms with E-state index in [1.165, 1.54) is 0 Å². The summed E-state index contributed by atoms with van der Waals surface area (Å²) < 4.78 is 0. The van der Waals surface area contributed by atoms with Crippen LogP contribution in [0.25, 0.3) is 0 Å². The van der Waals surface area contributed by atoms with E-state index in [1.807, 2.05) is 36.4 Å². The molecule has 0 radical (unpaired) electrons. The monoisotopic (exact) mass is 378 g/mol. The molecule has 1 N–H and O–H groups in total. The van der Waals surface area contributed by atoms with Crippen molar-refractivity contribution in [3.63, 3.8) is 0 Å². The highest BCUT2D eigenvalue weighted by molar-refractivity contribution is 5.99. The zero-order chi connectivity index (χ0) is 19.7. The SMILES string of the molecule is O=C(O)C1CN(C(=O)c2cccc(N3CCCC3=O)c2)CC1c1ccccc1. The number of anilines is 1. The van der Waals surface area contributed by atoms with E-state index in [0.29, 0.717) is 25.1 Å². The van der Waals surface area contributed by atoms with Gasteiger partial charge >= 0.3 is 5.97 Å². The number of carboxylic acids is 1. The summed E-state index contributed by atoms with van der Waals surface area (Å²) in [6, 6.07) is 16.5. The van der Waals surface area contributed by atoms with Crippen LogP contribution in [0.3, 0.4) is 0 Å². The van der Waals surface area contributed by atoms with E-state index in [-0.39, 0.29) is 24.3 Å². The summed E-state index contributed by atoms with van der Waals surface area (Å²) in [4.78, 5) is 40.2. The minimum atomic E-state index is -0.888. The van der Waals surface area contributed by atoms with Crippen molar-refractivity contribution < 1.29 is 19.5 Å². The van der Waals surface area contributed by atoms with Gasteiger partial charge in [-0.05, 0) is 30.2 Å². The van der Waals surface area contributed by atoms with Crippen LogP contribution >= 0.6 is 0 Å². The van der Waals surface area contributed by atoms with Gasteiger partial charge in [0.2, 0.25) is 5.91 Å². The number of benzene rings is 2. The van der Waals surface area contributed by atoms with Crippen LogP contribution < -0.4 is 4.90 Å². The highest BCUT2D eigenvalue weighted by Crippen LogP contribution is 2.34. The average Bonchev–Trinajstić information content (AvgIpc) is 3.35. The topological polar surface area (TPSA) is 77.9 Å². The Bertz CT molecular complexity index is 912. The van der Waals surface area contributed by atoms with E-state index in [4.69, 9.17) is 0 Å². The molecule has 6 nitrogen and oxygen atoms in total. The molecule has 0 aliphatic carbocycles. The van der Waals surface area contributed by atoms with Gasteiger partial charge in [-0.25, -0.2) is 0 Å². The Morgan fingerprint density at radius 3 is 2.46 bits per heavy atom. The average molecular weight is 378 g/mol. The lowest BCUT2D eigenvalue weighted by atomic mass is 9.89. The number of likely N-dealkylation sites (tertiary alicyclic amines) is 1. The van der Waals surface area contributed by atoms with Gasteiger partial charge in [-0.2, -0.15) is 0 Å².